The molecule has 0 spiro atoms. The normalized spacial score (nSPS) is 17.3. The Labute approximate surface area is 184 Å². The van der Waals surface area contributed by atoms with E-state index in [1.165, 1.54) is 4.90 Å². The number of amides is 1. The number of halogens is 6. The number of hydrogen-bond acceptors (Lipinski definition) is 4. The van der Waals surface area contributed by atoms with E-state index in [4.69, 9.17) is 4.52 Å². The quantitative estimate of drug-likeness (QED) is 0.456. The van der Waals surface area contributed by atoms with Gasteiger partial charge in [0.25, 0.3) is 5.91 Å². The Hall–Kier alpha value is -3.37. The summed E-state index contributed by atoms with van der Waals surface area (Å²) in [4.78, 5) is 18.5. The lowest BCUT2D eigenvalue weighted by molar-refractivity contribution is -0.143. The zero-order valence-electron chi connectivity index (χ0n) is 17.0. The fourth-order valence-electron chi connectivity index (χ4n) is 3.73. The number of aromatic nitrogens is 2. The lowest BCUT2D eigenvalue weighted by Gasteiger charge is -2.31. The molecule has 1 aromatic heterocycles. The Bertz CT molecular complexity index is 1110. The molecule has 174 valence electrons. The highest BCUT2D eigenvalue weighted by molar-refractivity contribution is 5.94. The number of carbonyl (C=O) groups excluding carboxylic acids is 1. The van der Waals surface area contributed by atoms with Gasteiger partial charge in [0.1, 0.15) is 0 Å². The summed E-state index contributed by atoms with van der Waals surface area (Å²) < 4.78 is 84.2. The van der Waals surface area contributed by atoms with E-state index in [1.54, 1.807) is 24.3 Å². The van der Waals surface area contributed by atoms with Gasteiger partial charge >= 0.3 is 12.4 Å². The molecule has 0 saturated carbocycles. The van der Waals surface area contributed by atoms with Crippen LogP contribution in [0.5, 0.6) is 0 Å². The smallest absolute Gasteiger partial charge is 0.339 e. The average Bonchev–Trinajstić information content (AvgIpc) is 3.28. The first-order chi connectivity index (χ1) is 15.5. The molecule has 33 heavy (non-hydrogen) atoms. The Kier molecular flexibility index (Phi) is 5.89. The summed E-state index contributed by atoms with van der Waals surface area (Å²) >= 11 is 0. The Morgan fingerprint density at radius 2 is 1.61 bits per heavy atom. The summed E-state index contributed by atoms with van der Waals surface area (Å²) in [7, 11) is 0. The van der Waals surface area contributed by atoms with E-state index >= 15 is 0 Å². The Morgan fingerprint density at radius 3 is 2.21 bits per heavy atom. The predicted molar refractivity (Wildman–Crippen MR) is 104 cm³/mol. The topological polar surface area (TPSA) is 59.2 Å². The molecule has 1 aliphatic heterocycles. The van der Waals surface area contributed by atoms with Crippen LogP contribution in [0, 0.1) is 0 Å². The molecule has 4 rings (SSSR count). The number of rotatable bonds is 3. The molecule has 0 N–H and O–H groups in total. The van der Waals surface area contributed by atoms with Crippen LogP contribution >= 0.6 is 0 Å². The predicted octanol–water partition coefficient (Wildman–Crippen LogP) is 5.79. The Balaban J connectivity index is 1.58. The van der Waals surface area contributed by atoms with Gasteiger partial charge in [-0.15, -0.1) is 0 Å². The Morgan fingerprint density at radius 1 is 0.970 bits per heavy atom. The number of carbonyl (C=O) groups is 1. The van der Waals surface area contributed by atoms with Crippen LogP contribution in [0.2, 0.25) is 0 Å². The average molecular weight is 469 g/mol. The van der Waals surface area contributed by atoms with Gasteiger partial charge in [0.15, 0.2) is 0 Å². The number of hydrogen-bond donors (Lipinski definition) is 0. The standard InChI is InChI=1S/C22H17F6N3O2/c23-21(24,25)16-9-15(10-17(11-16)22(26,27)28)20(32)31-8-4-7-14(12-31)19-29-18(30-33-19)13-5-2-1-3-6-13/h1-3,5-6,9-11,14H,4,7-8,12H2. The first-order valence-electron chi connectivity index (χ1n) is 10.00. The molecule has 3 aromatic rings. The van der Waals surface area contributed by atoms with Crippen LogP contribution in [-0.4, -0.2) is 34.0 Å². The maximum Gasteiger partial charge on any atom is 0.416 e. The summed E-state index contributed by atoms with van der Waals surface area (Å²) in [5.74, 6) is -0.701. The third-order valence-corrected chi connectivity index (χ3v) is 5.37. The van der Waals surface area contributed by atoms with Crippen molar-refractivity contribution in [1.82, 2.24) is 15.0 Å². The molecular weight excluding hydrogens is 452 g/mol. The minimum absolute atomic E-state index is 0.000658. The third-order valence-electron chi connectivity index (χ3n) is 5.37. The number of likely N-dealkylation sites (tertiary alicyclic amines) is 1. The first kappa shape index (κ1) is 22.8. The minimum Gasteiger partial charge on any atom is -0.339 e. The molecule has 0 aliphatic carbocycles. The number of benzene rings is 2. The van der Waals surface area contributed by atoms with E-state index in [0.29, 0.717) is 30.8 Å². The van der Waals surface area contributed by atoms with Gasteiger partial charge in [0.2, 0.25) is 11.7 Å². The van der Waals surface area contributed by atoms with Gasteiger partial charge in [-0.2, -0.15) is 31.3 Å². The van der Waals surface area contributed by atoms with E-state index in [2.05, 4.69) is 10.1 Å². The molecule has 2 aromatic carbocycles. The van der Waals surface area contributed by atoms with Gasteiger partial charge in [-0.25, -0.2) is 0 Å². The fraction of sp³-hybridized carbons (Fsp3) is 0.318. The summed E-state index contributed by atoms with van der Waals surface area (Å²) in [6, 6.07) is 9.90. The zero-order valence-corrected chi connectivity index (χ0v) is 17.0. The van der Waals surface area contributed by atoms with Crippen LogP contribution in [0.1, 0.15) is 46.1 Å². The van der Waals surface area contributed by atoms with Crippen molar-refractivity contribution in [3.8, 4) is 11.4 Å². The summed E-state index contributed by atoms with van der Waals surface area (Å²) in [5, 5.41) is 3.93. The highest BCUT2D eigenvalue weighted by Crippen LogP contribution is 2.37. The molecule has 11 heteroatoms. The highest BCUT2D eigenvalue weighted by atomic mass is 19.4. The van der Waals surface area contributed by atoms with Crippen LogP contribution in [0.3, 0.4) is 0 Å². The van der Waals surface area contributed by atoms with Gasteiger partial charge in [0.05, 0.1) is 17.0 Å². The van der Waals surface area contributed by atoms with Gasteiger partial charge in [-0.1, -0.05) is 35.5 Å². The van der Waals surface area contributed by atoms with Crippen LogP contribution < -0.4 is 0 Å². The molecule has 1 amide bonds. The first-order valence-corrected chi connectivity index (χ1v) is 10.00. The molecule has 5 nitrogen and oxygen atoms in total. The maximum absolute atomic E-state index is 13.1. The largest absolute Gasteiger partial charge is 0.416 e. The molecule has 1 fully saturated rings. The second-order valence-electron chi connectivity index (χ2n) is 7.71. The second-order valence-corrected chi connectivity index (χ2v) is 7.71. The molecule has 1 atom stereocenters. The van der Waals surface area contributed by atoms with Crippen molar-refractivity contribution >= 4 is 5.91 Å². The highest BCUT2D eigenvalue weighted by Gasteiger charge is 2.38. The van der Waals surface area contributed by atoms with Crippen LogP contribution in [0.25, 0.3) is 11.4 Å². The summed E-state index contributed by atoms with van der Waals surface area (Å²) in [6.07, 6.45) is -9.00. The van der Waals surface area contributed by atoms with Gasteiger partial charge < -0.3 is 9.42 Å². The van der Waals surface area contributed by atoms with Gasteiger partial charge in [-0.3, -0.25) is 4.79 Å². The zero-order chi connectivity index (χ0) is 23.8. The van der Waals surface area contributed by atoms with E-state index in [-0.39, 0.29) is 31.0 Å². The lowest BCUT2D eigenvalue weighted by Crippen LogP contribution is -2.39. The monoisotopic (exact) mass is 469 g/mol. The summed E-state index contributed by atoms with van der Waals surface area (Å²) in [6.45, 7) is 0.222. The van der Waals surface area contributed by atoms with Gasteiger partial charge in [-0.05, 0) is 31.0 Å². The van der Waals surface area contributed by atoms with E-state index in [1.807, 2.05) is 6.07 Å². The lowest BCUT2D eigenvalue weighted by atomic mass is 9.96. The van der Waals surface area contributed by atoms with E-state index in [9.17, 15) is 31.1 Å². The van der Waals surface area contributed by atoms with Crippen molar-refractivity contribution in [3.63, 3.8) is 0 Å². The molecule has 1 saturated heterocycles. The molecule has 1 aliphatic rings. The van der Waals surface area contributed by atoms with Crippen LogP contribution in [-0.2, 0) is 12.4 Å². The maximum atomic E-state index is 13.1. The fourth-order valence-corrected chi connectivity index (χ4v) is 3.73. The van der Waals surface area contributed by atoms with Crippen molar-refractivity contribution in [2.24, 2.45) is 0 Å². The van der Waals surface area contributed by atoms with Crippen molar-refractivity contribution in [2.75, 3.05) is 13.1 Å². The molecule has 2 heterocycles. The van der Waals surface area contributed by atoms with Crippen LogP contribution in [0.4, 0.5) is 26.3 Å². The third kappa shape index (κ3) is 5.01. The molecular formula is C22H17F6N3O2. The SMILES string of the molecule is O=C(c1cc(C(F)(F)F)cc(C(F)(F)F)c1)N1CCCC(c2nc(-c3ccccc3)no2)C1. The van der Waals surface area contributed by atoms with Crippen molar-refractivity contribution in [2.45, 2.75) is 31.1 Å². The molecule has 1 unspecified atom stereocenters. The molecule has 0 radical (unpaired) electrons. The second kappa shape index (κ2) is 8.53. The minimum atomic E-state index is -5.03. The number of piperidine rings is 1. The van der Waals surface area contributed by atoms with Crippen molar-refractivity contribution in [1.29, 1.82) is 0 Å². The number of nitrogens with zero attached hydrogens (tertiary/aromatic N) is 3. The molecule has 0 bridgehead atoms. The van der Waals surface area contributed by atoms with E-state index in [0.717, 1.165) is 5.56 Å². The number of alkyl halides is 6. The van der Waals surface area contributed by atoms with Crippen molar-refractivity contribution < 1.29 is 35.7 Å². The van der Waals surface area contributed by atoms with Gasteiger partial charge in [0, 0.05) is 24.2 Å². The van der Waals surface area contributed by atoms with E-state index < -0.39 is 35.0 Å². The summed E-state index contributed by atoms with van der Waals surface area (Å²) in [5.41, 5.74) is -3.01. The van der Waals surface area contributed by atoms with Crippen molar-refractivity contribution in [3.05, 3.63) is 71.1 Å². The van der Waals surface area contributed by atoms with Crippen LogP contribution in [0.15, 0.2) is 53.1 Å².